The van der Waals surface area contributed by atoms with Crippen LogP contribution in [0, 0.1) is 17.2 Å². The van der Waals surface area contributed by atoms with E-state index >= 15 is 0 Å². The Balaban J connectivity index is 1.35. The molecular weight excluding hydrogens is 376 g/mol. The SMILES string of the molecule is N#Cc1c2ncnn(N3CCC(C(=O)Nc4ccccc4)CC3)c-2c2c1CCCC2. The van der Waals surface area contributed by atoms with E-state index in [4.69, 9.17) is 0 Å². The Morgan fingerprint density at radius 2 is 1.83 bits per heavy atom. The number of para-hydroxylation sites is 1. The maximum Gasteiger partial charge on any atom is 0.227 e. The molecule has 0 atom stereocenters. The van der Waals surface area contributed by atoms with Gasteiger partial charge in [-0.3, -0.25) is 9.80 Å². The summed E-state index contributed by atoms with van der Waals surface area (Å²) in [5, 5.41) is 19.5. The summed E-state index contributed by atoms with van der Waals surface area (Å²) in [6.45, 7) is 1.48. The maximum absolute atomic E-state index is 12.7. The lowest BCUT2D eigenvalue weighted by Crippen LogP contribution is -2.45. The van der Waals surface area contributed by atoms with Gasteiger partial charge in [0.2, 0.25) is 5.91 Å². The zero-order valence-electron chi connectivity index (χ0n) is 16.8. The molecule has 7 nitrogen and oxygen atoms in total. The molecule has 4 aliphatic rings. The van der Waals surface area contributed by atoms with Gasteiger partial charge in [-0.15, -0.1) is 5.10 Å². The first-order valence-corrected chi connectivity index (χ1v) is 10.6. The Bertz CT molecular complexity index is 1080. The third-order valence-corrected chi connectivity index (χ3v) is 6.33. The van der Waals surface area contributed by atoms with Crippen molar-refractivity contribution in [2.75, 3.05) is 23.4 Å². The van der Waals surface area contributed by atoms with Gasteiger partial charge in [0, 0.05) is 24.7 Å². The average Bonchev–Trinajstić information content (AvgIpc) is 3.13. The van der Waals surface area contributed by atoms with Gasteiger partial charge in [0.1, 0.15) is 23.8 Å². The van der Waals surface area contributed by atoms with Crippen LogP contribution in [0.5, 0.6) is 0 Å². The van der Waals surface area contributed by atoms with Crippen LogP contribution < -0.4 is 10.3 Å². The third kappa shape index (κ3) is 3.18. The molecule has 1 N–H and O–H groups in total. The number of fused-ring (bicyclic) bond motifs is 3. The Morgan fingerprint density at radius 3 is 2.57 bits per heavy atom. The lowest BCUT2D eigenvalue weighted by atomic mass is 9.93. The molecule has 5 rings (SSSR count). The van der Waals surface area contributed by atoms with E-state index in [-0.39, 0.29) is 11.8 Å². The van der Waals surface area contributed by atoms with Gasteiger partial charge in [0.25, 0.3) is 0 Å². The highest BCUT2D eigenvalue weighted by atomic mass is 16.1. The second-order valence-corrected chi connectivity index (χ2v) is 8.08. The molecule has 1 fully saturated rings. The van der Waals surface area contributed by atoms with Crippen LogP contribution in [0.3, 0.4) is 0 Å². The van der Waals surface area contributed by atoms with Crippen LogP contribution in [0.2, 0.25) is 0 Å². The smallest absolute Gasteiger partial charge is 0.227 e. The van der Waals surface area contributed by atoms with Crippen molar-refractivity contribution in [1.29, 1.82) is 5.26 Å². The highest BCUT2D eigenvalue weighted by molar-refractivity contribution is 5.92. The molecule has 0 unspecified atom stereocenters. The number of nitrogens with one attached hydrogen (secondary N) is 1. The van der Waals surface area contributed by atoms with Crippen molar-refractivity contribution in [1.82, 2.24) is 14.9 Å². The maximum atomic E-state index is 12.7. The van der Waals surface area contributed by atoms with E-state index in [1.807, 2.05) is 35.1 Å². The van der Waals surface area contributed by atoms with Gasteiger partial charge >= 0.3 is 0 Å². The molecule has 0 radical (unpaired) electrons. The molecular formula is C23H24N6O. The van der Waals surface area contributed by atoms with Gasteiger partial charge in [-0.05, 0) is 61.8 Å². The number of rotatable bonds is 3. The highest BCUT2D eigenvalue weighted by Gasteiger charge is 2.32. The number of carbonyl (C=O) groups excluding carboxylic acids is 1. The summed E-state index contributed by atoms with van der Waals surface area (Å²) in [5.74, 6) is 0.0683. The second kappa shape index (κ2) is 7.79. The summed E-state index contributed by atoms with van der Waals surface area (Å²) in [5.41, 5.74) is 5.69. The topological polar surface area (TPSA) is 86.8 Å². The van der Waals surface area contributed by atoms with Crippen molar-refractivity contribution in [3.63, 3.8) is 0 Å². The van der Waals surface area contributed by atoms with Crippen molar-refractivity contribution in [3.8, 4) is 17.5 Å². The molecule has 0 aromatic heterocycles. The number of anilines is 1. The van der Waals surface area contributed by atoms with Crippen LogP contribution in [0.1, 0.15) is 42.4 Å². The van der Waals surface area contributed by atoms with Crippen molar-refractivity contribution in [3.05, 3.63) is 53.3 Å². The van der Waals surface area contributed by atoms with Crippen LogP contribution in [-0.4, -0.2) is 33.9 Å². The molecule has 7 heteroatoms. The normalized spacial score (nSPS) is 16.8. The van der Waals surface area contributed by atoms with E-state index in [9.17, 15) is 10.1 Å². The lowest BCUT2D eigenvalue weighted by molar-refractivity contribution is -0.120. The van der Waals surface area contributed by atoms with Gasteiger partial charge in [-0.1, -0.05) is 18.2 Å². The molecule has 0 saturated carbocycles. The minimum Gasteiger partial charge on any atom is -0.326 e. The van der Waals surface area contributed by atoms with E-state index in [0.717, 1.165) is 74.3 Å². The van der Waals surface area contributed by atoms with Crippen LogP contribution >= 0.6 is 0 Å². The first kappa shape index (κ1) is 18.6. The molecule has 2 aliphatic carbocycles. The minimum atomic E-state index is -0.0115. The Morgan fingerprint density at radius 1 is 1.10 bits per heavy atom. The molecule has 30 heavy (non-hydrogen) atoms. The molecule has 1 aromatic carbocycles. The molecule has 152 valence electrons. The molecule has 1 aromatic rings. The fourth-order valence-electron chi connectivity index (χ4n) is 4.80. The Labute approximate surface area is 175 Å². The standard InChI is InChI=1S/C23H24N6O/c24-14-20-18-8-4-5-9-19(18)22-21(20)25-15-26-29(22)28-12-10-16(11-13-28)23(30)27-17-6-2-1-3-7-17/h1-3,6-7,15-16H,4-5,8-13H2,(H,27,30). The number of piperidine rings is 1. The number of aromatic nitrogens is 3. The predicted octanol–water partition coefficient (Wildman–Crippen LogP) is 3.12. The van der Waals surface area contributed by atoms with Gasteiger partial charge in [0.05, 0.1) is 5.56 Å². The molecule has 0 bridgehead atoms. The van der Waals surface area contributed by atoms with Crippen LogP contribution in [-0.2, 0) is 17.6 Å². The molecule has 1 saturated heterocycles. The molecule has 1 amide bonds. The number of amides is 1. The van der Waals surface area contributed by atoms with Crippen molar-refractivity contribution in [2.45, 2.75) is 38.5 Å². The summed E-state index contributed by atoms with van der Waals surface area (Å²) in [6, 6.07) is 12.0. The summed E-state index contributed by atoms with van der Waals surface area (Å²) in [4.78, 5) is 19.1. The zero-order valence-corrected chi connectivity index (χ0v) is 16.8. The van der Waals surface area contributed by atoms with Gasteiger partial charge < -0.3 is 5.32 Å². The quantitative estimate of drug-likeness (QED) is 0.730. The first-order valence-electron chi connectivity index (χ1n) is 10.6. The summed E-state index contributed by atoms with van der Waals surface area (Å²) >= 11 is 0. The number of nitrogens with zero attached hydrogens (tertiary/aromatic N) is 5. The van der Waals surface area contributed by atoms with Crippen molar-refractivity contribution in [2.24, 2.45) is 5.92 Å². The van der Waals surface area contributed by atoms with E-state index in [1.165, 1.54) is 5.56 Å². The van der Waals surface area contributed by atoms with E-state index < -0.39 is 0 Å². The fourth-order valence-corrected chi connectivity index (χ4v) is 4.80. The molecule has 2 aliphatic heterocycles. The first-order chi connectivity index (χ1) is 14.8. The van der Waals surface area contributed by atoms with E-state index in [2.05, 4.69) is 26.5 Å². The highest BCUT2D eigenvalue weighted by Crippen LogP contribution is 2.39. The number of carbonyl (C=O) groups is 1. The van der Waals surface area contributed by atoms with Gasteiger partial charge in [-0.25, -0.2) is 4.98 Å². The summed E-state index contributed by atoms with van der Waals surface area (Å²) < 4.78 is 0. The number of hydrogen-bond donors (Lipinski definition) is 1. The largest absolute Gasteiger partial charge is 0.326 e. The van der Waals surface area contributed by atoms with E-state index in [0.29, 0.717) is 5.56 Å². The van der Waals surface area contributed by atoms with Gasteiger partial charge in [0.15, 0.2) is 0 Å². The Hall–Kier alpha value is -3.40. The van der Waals surface area contributed by atoms with Crippen LogP contribution in [0.15, 0.2) is 36.7 Å². The Kier molecular flexibility index (Phi) is 4.83. The summed E-state index contributed by atoms with van der Waals surface area (Å²) in [6.07, 6.45) is 7.24. The fraction of sp³-hybridized carbons (Fsp3) is 0.391. The summed E-state index contributed by atoms with van der Waals surface area (Å²) in [7, 11) is 0. The average molecular weight is 400 g/mol. The monoisotopic (exact) mass is 400 g/mol. The van der Waals surface area contributed by atoms with Crippen LogP contribution in [0.4, 0.5) is 5.69 Å². The van der Waals surface area contributed by atoms with Crippen molar-refractivity contribution < 1.29 is 4.79 Å². The molecule has 0 spiro atoms. The number of nitriles is 1. The van der Waals surface area contributed by atoms with Gasteiger partial charge in [-0.2, -0.15) is 10.1 Å². The molecule has 2 heterocycles. The number of hydrogen-bond acceptors (Lipinski definition) is 5. The van der Waals surface area contributed by atoms with Crippen molar-refractivity contribution >= 4 is 11.6 Å². The number of benzene rings is 1. The zero-order chi connectivity index (χ0) is 20.5. The van der Waals surface area contributed by atoms with Crippen LogP contribution in [0.25, 0.3) is 11.4 Å². The predicted molar refractivity (Wildman–Crippen MR) is 114 cm³/mol. The second-order valence-electron chi connectivity index (χ2n) is 8.08. The van der Waals surface area contributed by atoms with E-state index in [1.54, 1.807) is 6.33 Å². The lowest BCUT2D eigenvalue weighted by Gasteiger charge is -2.34. The third-order valence-electron chi connectivity index (χ3n) is 6.33. The minimum absolute atomic E-state index is 0.0115.